The molecule has 0 amide bonds. The first-order valence-corrected chi connectivity index (χ1v) is 4.16. The van der Waals surface area contributed by atoms with Gasteiger partial charge in [0.15, 0.2) is 0 Å². The first kappa shape index (κ1) is 9.00. The van der Waals surface area contributed by atoms with Crippen LogP contribution in [0.3, 0.4) is 0 Å². The summed E-state index contributed by atoms with van der Waals surface area (Å²) in [4.78, 5) is 7.68. The Hall–Kier alpha value is -1.09. The van der Waals surface area contributed by atoms with E-state index in [-0.39, 0.29) is 0 Å². The maximum absolute atomic E-state index is 5.49. The Morgan fingerprint density at radius 2 is 2.08 bits per heavy atom. The Labute approximate surface area is 76.3 Å². The molecule has 0 aromatic carbocycles. The SMILES string of the molecule is Nc1ncc(C=CCCCl)cn1. The van der Waals surface area contributed by atoms with Crippen molar-refractivity contribution in [1.82, 2.24) is 9.97 Å². The molecule has 0 unspecified atom stereocenters. The molecular formula is C8H10ClN3. The fourth-order valence-electron chi connectivity index (χ4n) is 0.716. The molecule has 0 radical (unpaired) electrons. The smallest absolute Gasteiger partial charge is 0.219 e. The molecule has 1 rings (SSSR count). The second-order valence-electron chi connectivity index (χ2n) is 2.25. The standard InChI is InChI=1S/C8H10ClN3/c9-4-2-1-3-7-5-11-8(10)12-6-7/h1,3,5-6H,2,4H2,(H2,10,11,12). The molecule has 1 aromatic rings. The van der Waals surface area contributed by atoms with Gasteiger partial charge in [-0.05, 0) is 6.42 Å². The summed E-state index contributed by atoms with van der Waals surface area (Å²) in [5, 5.41) is 0. The third-order valence-electron chi connectivity index (χ3n) is 1.28. The minimum Gasteiger partial charge on any atom is -0.368 e. The molecule has 4 heteroatoms. The van der Waals surface area contributed by atoms with E-state index < -0.39 is 0 Å². The van der Waals surface area contributed by atoms with Gasteiger partial charge >= 0.3 is 0 Å². The number of nitrogens with two attached hydrogens (primary N) is 1. The molecule has 0 spiro atoms. The van der Waals surface area contributed by atoms with Crippen molar-refractivity contribution in [3.63, 3.8) is 0 Å². The van der Waals surface area contributed by atoms with Gasteiger partial charge in [0.1, 0.15) is 0 Å². The summed E-state index contributed by atoms with van der Waals surface area (Å²) in [6, 6.07) is 0. The Balaban J connectivity index is 2.58. The minimum atomic E-state index is 0.296. The molecule has 2 N–H and O–H groups in total. The average molecular weight is 184 g/mol. The van der Waals surface area contributed by atoms with Crippen molar-refractivity contribution in [3.05, 3.63) is 24.0 Å². The molecule has 0 saturated carbocycles. The van der Waals surface area contributed by atoms with E-state index in [2.05, 4.69) is 9.97 Å². The maximum Gasteiger partial charge on any atom is 0.219 e. The number of allylic oxidation sites excluding steroid dienone is 1. The van der Waals surface area contributed by atoms with Gasteiger partial charge in [0.2, 0.25) is 5.95 Å². The molecule has 3 nitrogen and oxygen atoms in total. The zero-order valence-corrected chi connectivity index (χ0v) is 7.33. The minimum absolute atomic E-state index is 0.296. The van der Waals surface area contributed by atoms with Gasteiger partial charge in [-0.3, -0.25) is 0 Å². The number of hydrogen-bond acceptors (Lipinski definition) is 3. The third-order valence-corrected chi connectivity index (χ3v) is 1.50. The highest BCUT2D eigenvalue weighted by Gasteiger charge is 1.87. The van der Waals surface area contributed by atoms with Crippen LogP contribution in [0.4, 0.5) is 5.95 Å². The van der Waals surface area contributed by atoms with Crippen LogP contribution >= 0.6 is 11.6 Å². The number of rotatable bonds is 3. The molecule has 0 fully saturated rings. The quantitative estimate of drug-likeness (QED) is 0.726. The summed E-state index contributed by atoms with van der Waals surface area (Å²) in [6.07, 6.45) is 8.09. The van der Waals surface area contributed by atoms with Crippen molar-refractivity contribution in [1.29, 1.82) is 0 Å². The van der Waals surface area contributed by atoms with Crippen LogP contribution in [0.15, 0.2) is 18.5 Å². The molecule has 12 heavy (non-hydrogen) atoms. The zero-order valence-electron chi connectivity index (χ0n) is 6.57. The van der Waals surface area contributed by atoms with Gasteiger partial charge in [0.25, 0.3) is 0 Å². The highest BCUT2D eigenvalue weighted by atomic mass is 35.5. The van der Waals surface area contributed by atoms with Crippen LogP contribution in [0.2, 0.25) is 0 Å². The summed E-state index contributed by atoms with van der Waals surface area (Å²) in [7, 11) is 0. The lowest BCUT2D eigenvalue weighted by Gasteiger charge is -1.92. The van der Waals surface area contributed by atoms with E-state index in [1.807, 2.05) is 12.2 Å². The highest BCUT2D eigenvalue weighted by Crippen LogP contribution is 2.00. The molecule has 1 heterocycles. The van der Waals surface area contributed by atoms with Crippen LogP contribution in [-0.4, -0.2) is 15.8 Å². The number of halogens is 1. The molecule has 0 aliphatic rings. The van der Waals surface area contributed by atoms with Crippen LogP contribution < -0.4 is 5.73 Å². The predicted molar refractivity (Wildman–Crippen MR) is 50.8 cm³/mol. The number of alkyl halides is 1. The molecule has 0 bridgehead atoms. The van der Waals surface area contributed by atoms with Gasteiger partial charge in [0.05, 0.1) is 0 Å². The van der Waals surface area contributed by atoms with Crippen molar-refractivity contribution in [2.45, 2.75) is 6.42 Å². The van der Waals surface area contributed by atoms with Crippen molar-refractivity contribution < 1.29 is 0 Å². The largest absolute Gasteiger partial charge is 0.368 e. The highest BCUT2D eigenvalue weighted by molar-refractivity contribution is 6.17. The lowest BCUT2D eigenvalue weighted by atomic mass is 10.3. The monoisotopic (exact) mass is 183 g/mol. The maximum atomic E-state index is 5.49. The fourth-order valence-corrected chi connectivity index (χ4v) is 0.842. The van der Waals surface area contributed by atoms with Crippen LogP contribution in [0.25, 0.3) is 6.08 Å². The van der Waals surface area contributed by atoms with Crippen molar-refractivity contribution in [2.75, 3.05) is 11.6 Å². The topological polar surface area (TPSA) is 51.8 Å². The molecule has 1 aromatic heterocycles. The Morgan fingerprint density at radius 1 is 1.42 bits per heavy atom. The molecule has 0 atom stereocenters. The first-order valence-electron chi connectivity index (χ1n) is 3.63. The van der Waals surface area contributed by atoms with Crippen molar-refractivity contribution >= 4 is 23.6 Å². The predicted octanol–water partition coefficient (Wildman–Crippen LogP) is 1.70. The Kier molecular flexibility index (Phi) is 3.54. The third kappa shape index (κ3) is 2.88. The van der Waals surface area contributed by atoms with E-state index in [1.54, 1.807) is 12.4 Å². The lowest BCUT2D eigenvalue weighted by molar-refractivity contribution is 1.17. The average Bonchev–Trinajstić information content (AvgIpc) is 2.09. The van der Waals surface area contributed by atoms with E-state index >= 15 is 0 Å². The fraction of sp³-hybridized carbons (Fsp3) is 0.250. The summed E-state index contributed by atoms with van der Waals surface area (Å²) in [5.41, 5.74) is 6.25. The van der Waals surface area contributed by atoms with Crippen molar-refractivity contribution in [3.8, 4) is 0 Å². The molecule has 0 saturated heterocycles. The Morgan fingerprint density at radius 3 is 2.67 bits per heavy atom. The molecule has 0 aliphatic heterocycles. The van der Waals surface area contributed by atoms with E-state index in [0.717, 1.165) is 12.0 Å². The summed E-state index contributed by atoms with van der Waals surface area (Å²) < 4.78 is 0. The summed E-state index contributed by atoms with van der Waals surface area (Å²) in [6.45, 7) is 0. The number of aromatic nitrogens is 2. The van der Waals surface area contributed by atoms with E-state index in [4.69, 9.17) is 17.3 Å². The number of nitrogen functional groups attached to an aromatic ring is 1. The van der Waals surface area contributed by atoms with E-state index in [0.29, 0.717) is 11.8 Å². The normalized spacial score (nSPS) is 10.8. The van der Waals surface area contributed by atoms with Crippen molar-refractivity contribution in [2.24, 2.45) is 0 Å². The van der Waals surface area contributed by atoms with Gasteiger partial charge in [0, 0.05) is 23.8 Å². The van der Waals surface area contributed by atoms with Gasteiger partial charge in [-0.2, -0.15) is 0 Å². The van der Waals surface area contributed by atoms with Gasteiger partial charge in [-0.1, -0.05) is 12.2 Å². The first-order chi connectivity index (χ1) is 5.83. The molecular weight excluding hydrogens is 174 g/mol. The van der Waals surface area contributed by atoms with Crippen LogP contribution in [-0.2, 0) is 0 Å². The lowest BCUT2D eigenvalue weighted by Crippen LogP contribution is -1.92. The second kappa shape index (κ2) is 4.72. The van der Waals surface area contributed by atoms with Crippen LogP contribution in [0.1, 0.15) is 12.0 Å². The number of nitrogens with zero attached hydrogens (tertiary/aromatic N) is 2. The summed E-state index contributed by atoms with van der Waals surface area (Å²) >= 11 is 5.49. The zero-order chi connectivity index (χ0) is 8.81. The van der Waals surface area contributed by atoms with Crippen LogP contribution in [0, 0.1) is 0 Å². The number of hydrogen-bond donors (Lipinski definition) is 1. The van der Waals surface area contributed by atoms with Gasteiger partial charge in [-0.25, -0.2) is 9.97 Å². The van der Waals surface area contributed by atoms with E-state index in [9.17, 15) is 0 Å². The molecule has 0 aliphatic carbocycles. The Bertz CT molecular complexity index is 256. The second-order valence-corrected chi connectivity index (χ2v) is 2.63. The molecule has 64 valence electrons. The van der Waals surface area contributed by atoms with E-state index in [1.165, 1.54) is 0 Å². The number of anilines is 1. The van der Waals surface area contributed by atoms with Gasteiger partial charge < -0.3 is 5.73 Å². The van der Waals surface area contributed by atoms with Gasteiger partial charge in [-0.15, -0.1) is 11.6 Å². The van der Waals surface area contributed by atoms with Crippen LogP contribution in [0.5, 0.6) is 0 Å². The summed E-state index contributed by atoms with van der Waals surface area (Å²) in [5.74, 6) is 0.927.